The van der Waals surface area contributed by atoms with Crippen LogP contribution >= 0.6 is 11.3 Å². The van der Waals surface area contributed by atoms with E-state index in [4.69, 9.17) is 0 Å². The van der Waals surface area contributed by atoms with Crippen molar-refractivity contribution in [1.82, 2.24) is 19.6 Å². The summed E-state index contributed by atoms with van der Waals surface area (Å²) < 4.78 is 27.5. The maximum atomic E-state index is 13.0. The predicted octanol–water partition coefficient (Wildman–Crippen LogP) is 3.14. The van der Waals surface area contributed by atoms with Crippen LogP contribution in [-0.2, 0) is 22.3 Å². The van der Waals surface area contributed by atoms with Gasteiger partial charge in [-0.2, -0.15) is 4.31 Å². The lowest BCUT2D eigenvalue weighted by atomic mass is 10.2. The molecule has 1 aliphatic heterocycles. The fourth-order valence-electron chi connectivity index (χ4n) is 3.51. The quantitative estimate of drug-likeness (QED) is 0.607. The molecule has 1 aromatic carbocycles. The Balaban J connectivity index is 1.44. The van der Waals surface area contributed by atoms with Gasteiger partial charge in [0, 0.05) is 30.9 Å². The number of carbonyl (C=O) groups is 1. The molecule has 1 atom stereocenters. The molecular weight excluding hydrogens is 420 g/mol. The minimum Gasteiger partial charge on any atom is -0.347 e. The highest BCUT2D eigenvalue weighted by Crippen LogP contribution is 2.36. The second-order valence-corrected chi connectivity index (χ2v) is 9.94. The molecule has 3 aromatic rings. The average molecular weight is 443 g/mol. The Morgan fingerprint density at radius 1 is 1.17 bits per heavy atom. The molecule has 2 aromatic heterocycles. The number of pyridine rings is 1. The van der Waals surface area contributed by atoms with Crippen LogP contribution in [-0.4, -0.2) is 35.1 Å². The Labute approximate surface area is 179 Å². The number of amides is 1. The zero-order valence-electron chi connectivity index (χ0n) is 16.3. The number of benzene rings is 1. The van der Waals surface area contributed by atoms with E-state index in [1.54, 1.807) is 17.8 Å². The molecule has 1 fully saturated rings. The second-order valence-electron chi connectivity index (χ2n) is 7.13. The van der Waals surface area contributed by atoms with Crippen LogP contribution in [0.2, 0.25) is 0 Å². The minimum atomic E-state index is -3.48. The maximum absolute atomic E-state index is 13.0. The van der Waals surface area contributed by atoms with Gasteiger partial charge in [0.2, 0.25) is 10.0 Å². The van der Waals surface area contributed by atoms with Gasteiger partial charge in [0.25, 0.3) is 5.91 Å². The molecule has 1 saturated heterocycles. The van der Waals surface area contributed by atoms with Gasteiger partial charge in [-0.1, -0.05) is 36.4 Å². The van der Waals surface area contributed by atoms with Gasteiger partial charge in [0.15, 0.2) is 0 Å². The Morgan fingerprint density at radius 3 is 2.73 bits per heavy atom. The monoisotopic (exact) mass is 442 g/mol. The van der Waals surface area contributed by atoms with Crippen LogP contribution in [0.5, 0.6) is 0 Å². The predicted molar refractivity (Wildman–Crippen MR) is 115 cm³/mol. The van der Waals surface area contributed by atoms with Crippen molar-refractivity contribution in [2.45, 2.75) is 31.2 Å². The van der Waals surface area contributed by atoms with Crippen LogP contribution in [0.3, 0.4) is 0 Å². The van der Waals surface area contributed by atoms with Crippen molar-refractivity contribution in [3.8, 4) is 0 Å². The van der Waals surface area contributed by atoms with Gasteiger partial charge >= 0.3 is 0 Å². The third kappa shape index (κ3) is 4.75. The van der Waals surface area contributed by atoms with E-state index in [9.17, 15) is 13.2 Å². The molecule has 1 N–H and O–H groups in total. The molecule has 0 spiro atoms. The topological polar surface area (TPSA) is 92.3 Å². The van der Waals surface area contributed by atoms with E-state index in [1.165, 1.54) is 15.6 Å². The number of hydrogen-bond donors (Lipinski definition) is 1. The Kier molecular flexibility index (Phi) is 6.21. The molecule has 0 aliphatic carbocycles. The molecular formula is C21H22N4O3S2. The summed E-state index contributed by atoms with van der Waals surface area (Å²) >= 11 is 1.33. The molecule has 3 heterocycles. The van der Waals surface area contributed by atoms with E-state index in [-0.39, 0.29) is 17.7 Å². The summed E-state index contributed by atoms with van der Waals surface area (Å²) in [6.45, 7) is 0.836. The number of hydrogen-bond acceptors (Lipinski definition) is 6. The van der Waals surface area contributed by atoms with E-state index in [0.29, 0.717) is 30.2 Å². The van der Waals surface area contributed by atoms with Crippen molar-refractivity contribution in [3.63, 3.8) is 0 Å². The number of aromatic nitrogens is 2. The summed E-state index contributed by atoms with van der Waals surface area (Å²) in [6.07, 6.45) is 4.86. The van der Waals surface area contributed by atoms with Crippen LogP contribution in [0.25, 0.3) is 0 Å². The molecule has 0 unspecified atom stereocenters. The molecule has 1 amide bonds. The number of sulfonamides is 1. The van der Waals surface area contributed by atoms with Gasteiger partial charge in [-0.25, -0.2) is 13.4 Å². The van der Waals surface area contributed by atoms with E-state index in [2.05, 4.69) is 15.3 Å². The van der Waals surface area contributed by atoms with Gasteiger partial charge < -0.3 is 5.32 Å². The molecule has 1 aliphatic rings. The van der Waals surface area contributed by atoms with Crippen LogP contribution in [0.15, 0.2) is 60.2 Å². The fourth-order valence-corrected chi connectivity index (χ4v) is 6.30. The van der Waals surface area contributed by atoms with Gasteiger partial charge in [0.05, 0.1) is 11.8 Å². The molecule has 9 heteroatoms. The van der Waals surface area contributed by atoms with Crippen LogP contribution < -0.4 is 5.32 Å². The third-order valence-electron chi connectivity index (χ3n) is 4.97. The number of carbonyl (C=O) groups excluding carboxylic acids is 1. The van der Waals surface area contributed by atoms with E-state index in [0.717, 1.165) is 17.5 Å². The zero-order valence-corrected chi connectivity index (χ0v) is 17.9. The van der Waals surface area contributed by atoms with Crippen molar-refractivity contribution in [1.29, 1.82) is 0 Å². The third-order valence-corrected chi connectivity index (χ3v) is 7.76. The summed E-state index contributed by atoms with van der Waals surface area (Å²) in [5, 5.41) is 5.18. The number of rotatable bonds is 7. The minimum absolute atomic E-state index is 0.0336. The number of nitrogens with one attached hydrogen (secondary N) is 1. The number of nitrogens with zero attached hydrogens (tertiary/aromatic N) is 3. The van der Waals surface area contributed by atoms with E-state index >= 15 is 0 Å². The standard InChI is InChI=1S/C21H22N4O3S2/c26-20(23-13-17-8-4-10-22-12-17)18-14-29-21(24-18)19-9-5-11-25(19)30(27,28)15-16-6-2-1-3-7-16/h1-4,6-8,10,12,14,19H,5,9,11,13,15H2,(H,23,26)/t19-/m0/s1. The summed E-state index contributed by atoms with van der Waals surface area (Å²) in [5.74, 6) is -0.313. The van der Waals surface area contributed by atoms with Gasteiger partial charge in [0.1, 0.15) is 10.7 Å². The molecule has 30 heavy (non-hydrogen) atoms. The summed E-state index contributed by atoms with van der Waals surface area (Å²) in [6, 6.07) is 12.6. The fraction of sp³-hybridized carbons (Fsp3) is 0.286. The summed E-state index contributed by atoms with van der Waals surface area (Å²) in [7, 11) is -3.48. The van der Waals surface area contributed by atoms with Crippen molar-refractivity contribution in [2.24, 2.45) is 0 Å². The first-order chi connectivity index (χ1) is 14.5. The molecule has 7 nitrogen and oxygen atoms in total. The Hall–Kier alpha value is -2.62. The van der Waals surface area contributed by atoms with E-state index in [1.807, 2.05) is 42.5 Å². The average Bonchev–Trinajstić information content (AvgIpc) is 3.43. The first kappa shape index (κ1) is 20.6. The molecule has 0 bridgehead atoms. The van der Waals surface area contributed by atoms with Crippen molar-refractivity contribution in [2.75, 3.05) is 6.54 Å². The normalized spacial score (nSPS) is 17.1. The maximum Gasteiger partial charge on any atom is 0.271 e. The molecule has 0 saturated carbocycles. The highest BCUT2D eigenvalue weighted by atomic mass is 32.2. The highest BCUT2D eigenvalue weighted by Gasteiger charge is 2.37. The van der Waals surface area contributed by atoms with Gasteiger partial charge in [-0.3, -0.25) is 9.78 Å². The second kappa shape index (κ2) is 9.03. The van der Waals surface area contributed by atoms with Crippen LogP contribution in [0.1, 0.15) is 45.5 Å². The molecule has 4 rings (SSSR count). The van der Waals surface area contributed by atoms with Crippen molar-refractivity contribution < 1.29 is 13.2 Å². The molecule has 0 radical (unpaired) electrons. The molecule has 156 valence electrons. The SMILES string of the molecule is O=C(NCc1cccnc1)c1csc([C@@H]2CCCN2S(=O)(=O)Cc2ccccc2)n1. The lowest BCUT2D eigenvalue weighted by molar-refractivity contribution is 0.0946. The van der Waals surface area contributed by atoms with Crippen molar-refractivity contribution in [3.05, 3.63) is 82.1 Å². The smallest absolute Gasteiger partial charge is 0.271 e. The van der Waals surface area contributed by atoms with E-state index < -0.39 is 10.0 Å². The van der Waals surface area contributed by atoms with Crippen LogP contribution in [0, 0.1) is 0 Å². The van der Waals surface area contributed by atoms with Crippen LogP contribution in [0.4, 0.5) is 0 Å². The summed E-state index contributed by atoms with van der Waals surface area (Å²) in [5.41, 5.74) is 1.97. The lowest BCUT2D eigenvalue weighted by Crippen LogP contribution is -2.31. The zero-order chi connectivity index (χ0) is 21.0. The highest BCUT2D eigenvalue weighted by molar-refractivity contribution is 7.88. The first-order valence-corrected chi connectivity index (χ1v) is 12.2. The summed E-state index contributed by atoms with van der Waals surface area (Å²) in [4.78, 5) is 20.9. The van der Waals surface area contributed by atoms with Crippen molar-refractivity contribution >= 4 is 27.3 Å². The van der Waals surface area contributed by atoms with Gasteiger partial charge in [-0.15, -0.1) is 11.3 Å². The largest absolute Gasteiger partial charge is 0.347 e. The van der Waals surface area contributed by atoms with Gasteiger partial charge in [-0.05, 0) is 30.0 Å². The Morgan fingerprint density at radius 2 is 1.97 bits per heavy atom. The lowest BCUT2D eigenvalue weighted by Gasteiger charge is -2.22. The Bertz CT molecular complexity index is 1100. The first-order valence-electron chi connectivity index (χ1n) is 9.69. The number of thiazole rings is 1.